The highest BCUT2D eigenvalue weighted by atomic mass is 35.5. The number of benzene rings is 1. The molecule has 1 unspecified atom stereocenters. The highest BCUT2D eigenvalue weighted by Crippen LogP contribution is 2.26. The van der Waals surface area contributed by atoms with Gasteiger partial charge in [-0.05, 0) is 31.9 Å². The zero-order valence-corrected chi connectivity index (χ0v) is 8.38. The molecular formula is C10H14ClNO. The van der Waals surface area contributed by atoms with Crippen molar-refractivity contribution in [2.45, 2.75) is 25.8 Å². The third-order valence-electron chi connectivity index (χ3n) is 1.94. The van der Waals surface area contributed by atoms with Crippen LogP contribution in [0.25, 0.3) is 0 Å². The van der Waals surface area contributed by atoms with E-state index in [-0.39, 0.29) is 11.8 Å². The lowest BCUT2D eigenvalue weighted by atomic mass is 10.1. The average Bonchev–Trinajstić information content (AvgIpc) is 2.03. The van der Waals surface area contributed by atoms with Crippen LogP contribution in [0.3, 0.4) is 0 Å². The zero-order valence-electron chi connectivity index (χ0n) is 7.63. The fourth-order valence-electron chi connectivity index (χ4n) is 1.17. The quantitative estimate of drug-likeness (QED) is 0.785. The van der Waals surface area contributed by atoms with Gasteiger partial charge in [-0.15, -0.1) is 0 Å². The van der Waals surface area contributed by atoms with Gasteiger partial charge >= 0.3 is 0 Å². The number of hydrogen-bond acceptors (Lipinski definition) is 2. The Bertz CT molecular complexity index is 266. The number of phenolic OH excluding ortho intramolecular Hbond substituents is 1. The number of aromatic hydroxyl groups is 1. The first-order valence-corrected chi connectivity index (χ1v) is 4.71. The van der Waals surface area contributed by atoms with Gasteiger partial charge < -0.3 is 10.8 Å². The molecule has 0 bridgehead atoms. The Balaban J connectivity index is 2.75. The lowest BCUT2D eigenvalue weighted by molar-refractivity contribution is 0.466. The van der Waals surface area contributed by atoms with Crippen LogP contribution in [0.15, 0.2) is 18.2 Å². The summed E-state index contributed by atoms with van der Waals surface area (Å²) in [4.78, 5) is 0. The smallest absolute Gasteiger partial charge is 0.120 e. The number of nitrogens with two attached hydrogens (primary N) is 1. The van der Waals surface area contributed by atoms with Gasteiger partial charge in [0, 0.05) is 16.6 Å². The number of hydrogen-bond donors (Lipinski definition) is 2. The average molecular weight is 200 g/mol. The maximum atomic E-state index is 9.48. The first kappa shape index (κ1) is 10.4. The summed E-state index contributed by atoms with van der Waals surface area (Å²) in [6.45, 7) is 1.94. The first-order chi connectivity index (χ1) is 6.11. The highest BCUT2D eigenvalue weighted by Gasteiger charge is 2.06. The molecule has 0 aromatic heterocycles. The lowest BCUT2D eigenvalue weighted by Gasteiger charge is -2.08. The SMILES string of the molecule is CC(N)CCc1c(O)cccc1Cl. The van der Waals surface area contributed by atoms with Gasteiger partial charge in [0.2, 0.25) is 0 Å². The Hall–Kier alpha value is -0.730. The number of halogens is 1. The van der Waals surface area contributed by atoms with Crippen molar-refractivity contribution in [3.05, 3.63) is 28.8 Å². The highest BCUT2D eigenvalue weighted by molar-refractivity contribution is 6.31. The molecule has 0 amide bonds. The van der Waals surface area contributed by atoms with Crippen LogP contribution in [-0.4, -0.2) is 11.1 Å². The third-order valence-corrected chi connectivity index (χ3v) is 2.30. The van der Waals surface area contributed by atoms with Crippen LogP contribution < -0.4 is 5.73 Å². The Labute approximate surface area is 83.3 Å². The van der Waals surface area contributed by atoms with E-state index in [1.54, 1.807) is 18.2 Å². The van der Waals surface area contributed by atoms with Gasteiger partial charge in [0.1, 0.15) is 5.75 Å². The number of phenols is 1. The molecule has 0 saturated heterocycles. The van der Waals surface area contributed by atoms with E-state index in [4.69, 9.17) is 17.3 Å². The molecule has 2 nitrogen and oxygen atoms in total. The second kappa shape index (κ2) is 4.49. The van der Waals surface area contributed by atoms with Crippen LogP contribution in [0.5, 0.6) is 5.75 Å². The lowest BCUT2D eigenvalue weighted by Crippen LogP contribution is -2.15. The Morgan fingerprint density at radius 1 is 1.54 bits per heavy atom. The molecule has 0 heterocycles. The Kier molecular flexibility index (Phi) is 3.58. The second-order valence-corrected chi connectivity index (χ2v) is 3.66. The fraction of sp³-hybridized carbons (Fsp3) is 0.400. The summed E-state index contributed by atoms with van der Waals surface area (Å²) in [5.74, 6) is 0.258. The molecule has 72 valence electrons. The van der Waals surface area contributed by atoms with E-state index in [1.807, 2.05) is 6.92 Å². The third kappa shape index (κ3) is 2.90. The molecule has 0 fully saturated rings. The van der Waals surface area contributed by atoms with Crippen LogP contribution in [0.1, 0.15) is 18.9 Å². The van der Waals surface area contributed by atoms with Gasteiger partial charge in [0.15, 0.2) is 0 Å². The molecule has 0 radical (unpaired) electrons. The summed E-state index contributed by atoms with van der Waals surface area (Å²) < 4.78 is 0. The minimum atomic E-state index is 0.135. The minimum Gasteiger partial charge on any atom is -0.508 e. The van der Waals surface area contributed by atoms with E-state index < -0.39 is 0 Å². The molecular weight excluding hydrogens is 186 g/mol. The summed E-state index contributed by atoms with van der Waals surface area (Å²) in [5, 5.41) is 10.1. The maximum Gasteiger partial charge on any atom is 0.120 e. The van der Waals surface area contributed by atoms with E-state index in [0.717, 1.165) is 18.4 Å². The topological polar surface area (TPSA) is 46.2 Å². The van der Waals surface area contributed by atoms with Gasteiger partial charge in [-0.25, -0.2) is 0 Å². The molecule has 1 aromatic rings. The van der Waals surface area contributed by atoms with E-state index in [2.05, 4.69) is 0 Å². The van der Waals surface area contributed by atoms with Crippen molar-refractivity contribution in [3.8, 4) is 5.75 Å². The van der Waals surface area contributed by atoms with Crippen LogP contribution in [0, 0.1) is 0 Å². The molecule has 0 aliphatic heterocycles. The van der Waals surface area contributed by atoms with Crippen molar-refractivity contribution < 1.29 is 5.11 Å². The predicted molar refractivity (Wildman–Crippen MR) is 55.1 cm³/mol. The molecule has 1 rings (SSSR count). The maximum absolute atomic E-state index is 9.48. The van der Waals surface area contributed by atoms with Crippen LogP contribution >= 0.6 is 11.6 Å². The van der Waals surface area contributed by atoms with Crippen LogP contribution in [0.4, 0.5) is 0 Å². The van der Waals surface area contributed by atoms with E-state index >= 15 is 0 Å². The van der Waals surface area contributed by atoms with Crippen molar-refractivity contribution in [1.29, 1.82) is 0 Å². The normalized spacial score (nSPS) is 12.8. The van der Waals surface area contributed by atoms with Crippen molar-refractivity contribution in [2.24, 2.45) is 5.73 Å². The van der Waals surface area contributed by atoms with Crippen molar-refractivity contribution in [2.75, 3.05) is 0 Å². The van der Waals surface area contributed by atoms with Crippen molar-refractivity contribution in [3.63, 3.8) is 0 Å². The molecule has 1 aromatic carbocycles. The molecule has 13 heavy (non-hydrogen) atoms. The second-order valence-electron chi connectivity index (χ2n) is 3.25. The minimum absolute atomic E-state index is 0.135. The monoisotopic (exact) mass is 199 g/mol. The summed E-state index contributed by atoms with van der Waals surface area (Å²) in [5.41, 5.74) is 6.41. The van der Waals surface area contributed by atoms with Crippen molar-refractivity contribution >= 4 is 11.6 Å². The van der Waals surface area contributed by atoms with Gasteiger partial charge in [0.25, 0.3) is 0 Å². The van der Waals surface area contributed by atoms with E-state index in [9.17, 15) is 5.11 Å². The summed E-state index contributed by atoms with van der Waals surface area (Å²) >= 11 is 5.91. The molecule has 3 heteroatoms. The number of rotatable bonds is 3. The molecule has 1 atom stereocenters. The first-order valence-electron chi connectivity index (χ1n) is 4.33. The van der Waals surface area contributed by atoms with Gasteiger partial charge in [0.05, 0.1) is 0 Å². The largest absolute Gasteiger partial charge is 0.508 e. The molecule has 3 N–H and O–H groups in total. The summed E-state index contributed by atoms with van der Waals surface area (Å²) in [6, 6.07) is 5.28. The Morgan fingerprint density at radius 3 is 2.77 bits per heavy atom. The molecule has 0 aliphatic rings. The van der Waals surface area contributed by atoms with Crippen LogP contribution in [0.2, 0.25) is 5.02 Å². The summed E-state index contributed by atoms with van der Waals surface area (Å²) in [6.07, 6.45) is 1.56. The molecule has 0 spiro atoms. The zero-order chi connectivity index (χ0) is 9.84. The van der Waals surface area contributed by atoms with Gasteiger partial charge in [-0.1, -0.05) is 17.7 Å². The molecule has 0 saturated carbocycles. The van der Waals surface area contributed by atoms with Gasteiger partial charge in [-0.3, -0.25) is 0 Å². The van der Waals surface area contributed by atoms with Crippen LogP contribution in [-0.2, 0) is 6.42 Å². The Morgan fingerprint density at radius 2 is 2.23 bits per heavy atom. The van der Waals surface area contributed by atoms with E-state index in [1.165, 1.54) is 0 Å². The standard InChI is InChI=1S/C10H14ClNO/c1-7(12)5-6-8-9(11)3-2-4-10(8)13/h2-4,7,13H,5-6,12H2,1H3. The predicted octanol–water partition coefficient (Wildman–Crippen LogP) is 2.33. The van der Waals surface area contributed by atoms with Crippen molar-refractivity contribution in [1.82, 2.24) is 0 Å². The fourth-order valence-corrected chi connectivity index (χ4v) is 1.43. The van der Waals surface area contributed by atoms with E-state index in [0.29, 0.717) is 5.02 Å². The van der Waals surface area contributed by atoms with Gasteiger partial charge in [-0.2, -0.15) is 0 Å². The summed E-state index contributed by atoms with van der Waals surface area (Å²) in [7, 11) is 0. The molecule has 0 aliphatic carbocycles.